The Kier molecular flexibility index (Phi) is 6.33. The van der Waals surface area contributed by atoms with E-state index in [1.54, 1.807) is 19.1 Å². The molecule has 1 amide bonds. The average molecular weight is 375 g/mol. The highest BCUT2D eigenvalue weighted by Gasteiger charge is 2.15. The average Bonchev–Trinajstić information content (AvgIpc) is 2.70. The molecule has 3 aromatic carbocycles. The highest BCUT2D eigenvalue weighted by atomic mass is 16.5. The molecule has 3 aromatic rings. The van der Waals surface area contributed by atoms with Crippen molar-refractivity contribution in [1.29, 1.82) is 0 Å². The molecule has 4 heteroatoms. The molecule has 1 atom stereocenters. The van der Waals surface area contributed by atoms with E-state index in [-0.39, 0.29) is 5.91 Å². The first-order chi connectivity index (χ1) is 13.5. The van der Waals surface area contributed by atoms with E-state index in [0.29, 0.717) is 23.1 Å². The van der Waals surface area contributed by atoms with E-state index < -0.39 is 6.10 Å². The lowest BCUT2D eigenvalue weighted by Crippen LogP contribution is -2.30. The first-order valence-electron chi connectivity index (χ1n) is 9.42. The van der Waals surface area contributed by atoms with Gasteiger partial charge in [0.15, 0.2) is 6.10 Å². The molecule has 4 nitrogen and oxygen atoms in total. The summed E-state index contributed by atoms with van der Waals surface area (Å²) in [6.07, 6.45) is -0.606. The smallest absolute Gasteiger partial charge is 0.265 e. The number of hydrogen-bond donors (Lipinski definition) is 1. The van der Waals surface area contributed by atoms with Gasteiger partial charge >= 0.3 is 0 Å². The summed E-state index contributed by atoms with van der Waals surface area (Å²) in [4.78, 5) is 12.4. The third kappa shape index (κ3) is 5.36. The van der Waals surface area contributed by atoms with Crippen LogP contribution < -0.4 is 14.8 Å². The van der Waals surface area contributed by atoms with Gasteiger partial charge in [0.2, 0.25) is 0 Å². The van der Waals surface area contributed by atoms with Crippen LogP contribution in [-0.4, -0.2) is 12.0 Å². The zero-order chi connectivity index (χ0) is 19.9. The fraction of sp³-hybridized carbons (Fsp3) is 0.208. The van der Waals surface area contributed by atoms with Crippen LogP contribution in [0.3, 0.4) is 0 Å². The van der Waals surface area contributed by atoms with Crippen LogP contribution in [0.25, 0.3) is 0 Å². The van der Waals surface area contributed by atoms with Gasteiger partial charge < -0.3 is 14.8 Å². The van der Waals surface area contributed by atoms with Crippen LogP contribution in [0.4, 0.5) is 5.69 Å². The molecule has 0 saturated carbocycles. The molecule has 144 valence electrons. The molecule has 0 aliphatic carbocycles. The summed E-state index contributed by atoms with van der Waals surface area (Å²) in [5.41, 5.74) is 1.93. The Bertz CT molecular complexity index is 887. The van der Waals surface area contributed by atoms with Gasteiger partial charge in [0.25, 0.3) is 5.91 Å². The summed E-state index contributed by atoms with van der Waals surface area (Å²) in [6, 6.07) is 24.6. The minimum absolute atomic E-state index is 0.204. The molecular formula is C24H25NO3. The van der Waals surface area contributed by atoms with Crippen molar-refractivity contribution in [3.63, 3.8) is 0 Å². The van der Waals surface area contributed by atoms with Gasteiger partial charge in [-0.1, -0.05) is 44.2 Å². The second kappa shape index (κ2) is 9.09. The van der Waals surface area contributed by atoms with Crippen LogP contribution in [0.15, 0.2) is 78.9 Å². The van der Waals surface area contributed by atoms with Gasteiger partial charge in [0, 0.05) is 5.69 Å². The Balaban J connectivity index is 1.54. The molecule has 0 aromatic heterocycles. The maximum atomic E-state index is 12.4. The molecule has 3 rings (SSSR count). The van der Waals surface area contributed by atoms with Crippen molar-refractivity contribution in [3.8, 4) is 17.2 Å². The lowest BCUT2D eigenvalue weighted by atomic mass is 10.0. The molecule has 0 aliphatic heterocycles. The Morgan fingerprint density at radius 1 is 0.750 bits per heavy atom. The second-order valence-corrected chi connectivity index (χ2v) is 6.91. The number of carbonyl (C=O) groups is 1. The minimum Gasteiger partial charge on any atom is -0.481 e. The first kappa shape index (κ1) is 19.5. The molecule has 1 N–H and O–H groups in total. The van der Waals surface area contributed by atoms with E-state index in [4.69, 9.17) is 9.47 Å². The molecule has 0 bridgehead atoms. The number of ether oxygens (including phenoxy) is 2. The van der Waals surface area contributed by atoms with Crippen molar-refractivity contribution < 1.29 is 14.3 Å². The van der Waals surface area contributed by atoms with Crippen LogP contribution >= 0.6 is 0 Å². The topological polar surface area (TPSA) is 47.6 Å². The van der Waals surface area contributed by atoms with Gasteiger partial charge in [-0.3, -0.25) is 4.79 Å². The SMILES string of the molecule is CC(C)c1ccc(O[C@H](C)C(=O)Nc2ccc(Oc3ccccc3)cc2)cc1. The van der Waals surface area contributed by atoms with Crippen LogP contribution in [0.5, 0.6) is 17.2 Å². The van der Waals surface area contributed by atoms with E-state index in [1.165, 1.54) is 5.56 Å². The Morgan fingerprint density at radius 2 is 1.32 bits per heavy atom. The molecule has 0 fully saturated rings. The number of para-hydroxylation sites is 1. The minimum atomic E-state index is -0.606. The number of rotatable bonds is 7. The van der Waals surface area contributed by atoms with Crippen LogP contribution in [0.1, 0.15) is 32.3 Å². The summed E-state index contributed by atoms with van der Waals surface area (Å²) >= 11 is 0. The van der Waals surface area contributed by atoms with E-state index >= 15 is 0 Å². The van der Waals surface area contributed by atoms with Crippen LogP contribution in [-0.2, 0) is 4.79 Å². The summed E-state index contributed by atoms with van der Waals surface area (Å²) < 4.78 is 11.5. The predicted molar refractivity (Wildman–Crippen MR) is 112 cm³/mol. The van der Waals surface area contributed by atoms with Gasteiger partial charge in [0.1, 0.15) is 17.2 Å². The maximum absolute atomic E-state index is 12.4. The summed E-state index contributed by atoms with van der Waals surface area (Å²) in [7, 11) is 0. The van der Waals surface area contributed by atoms with Gasteiger partial charge in [-0.15, -0.1) is 0 Å². The molecule has 0 unspecified atom stereocenters. The highest BCUT2D eigenvalue weighted by Crippen LogP contribution is 2.23. The van der Waals surface area contributed by atoms with Crippen molar-refractivity contribution in [1.82, 2.24) is 0 Å². The lowest BCUT2D eigenvalue weighted by Gasteiger charge is -2.15. The van der Waals surface area contributed by atoms with Gasteiger partial charge in [-0.05, 0) is 66.9 Å². The monoisotopic (exact) mass is 375 g/mol. The molecule has 0 spiro atoms. The van der Waals surface area contributed by atoms with Gasteiger partial charge in [-0.25, -0.2) is 0 Å². The van der Waals surface area contributed by atoms with Gasteiger partial charge in [0.05, 0.1) is 0 Å². The van der Waals surface area contributed by atoms with Crippen molar-refractivity contribution in [2.75, 3.05) is 5.32 Å². The normalized spacial score (nSPS) is 11.7. The Labute approximate surface area is 166 Å². The molecule has 28 heavy (non-hydrogen) atoms. The molecule has 0 radical (unpaired) electrons. The summed E-state index contributed by atoms with van der Waals surface area (Å²) in [5.74, 6) is 2.41. The van der Waals surface area contributed by atoms with Crippen LogP contribution in [0.2, 0.25) is 0 Å². The largest absolute Gasteiger partial charge is 0.481 e. The second-order valence-electron chi connectivity index (χ2n) is 6.91. The third-order valence-corrected chi connectivity index (χ3v) is 4.33. The van der Waals surface area contributed by atoms with Crippen LogP contribution in [0, 0.1) is 0 Å². The molecule has 0 saturated heterocycles. The Hall–Kier alpha value is -3.27. The third-order valence-electron chi connectivity index (χ3n) is 4.33. The number of nitrogens with one attached hydrogen (secondary N) is 1. The zero-order valence-electron chi connectivity index (χ0n) is 16.4. The van der Waals surface area contributed by atoms with Crippen molar-refractivity contribution >= 4 is 11.6 Å². The summed E-state index contributed by atoms with van der Waals surface area (Å²) in [6.45, 7) is 6.02. The zero-order valence-corrected chi connectivity index (χ0v) is 16.4. The van der Waals surface area contributed by atoms with Crippen molar-refractivity contribution in [2.45, 2.75) is 32.8 Å². The highest BCUT2D eigenvalue weighted by molar-refractivity contribution is 5.94. The fourth-order valence-electron chi connectivity index (χ4n) is 2.66. The summed E-state index contributed by atoms with van der Waals surface area (Å²) in [5, 5.41) is 2.86. The first-order valence-corrected chi connectivity index (χ1v) is 9.42. The number of anilines is 1. The Morgan fingerprint density at radius 3 is 1.93 bits per heavy atom. The van der Waals surface area contributed by atoms with E-state index in [0.717, 1.165) is 5.75 Å². The lowest BCUT2D eigenvalue weighted by molar-refractivity contribution is -0.122. The van der Waals surface area contributed by atoms with E-state index in [1.807, 2.05) is 66.7 Å². The van der Waals surface area contributed by atoms with Crippen molar-refractivity contribution in [3.05, 3.63) is 84.4 Å². The fourth-order valence-corrected chi connectivity index (χ4v) is 2.66. The maximum Gasteiger partial charge on any atom is 0.265 e. The molecule has 0 aliphatic rings. The molecular weight excluding hydrogens is 350 g/mol. The van der Waals surface area contributed by atoms with Gasteiger partial charge in [-0.2, -0.15) is 0 Å². The van der Waals surface area contributed by atoms with E-state index in [2.05, 4.69) is 19.2 Å². The number of carbonyl (C=O) groups excluding carboxylic acids is 1. The number of benzene rings is 3. The molecule has 0 heterocycles. The number of hydrogen-bond acceptors (Lipinski definition) is 3. The standard InChI is InChI=1S/C24H25NO3/c1-17(2)19-9-13-22(14-10-19)27-18(3)24(26)25-20-11-15-23(16-12-20)28-21-7-5-4-6-8-21/h4-18H,1-3H3,(H,25,26)/t18-/m1/s1. The number of amides is 1. The van der Waals surface area contributed by atoms with E-state index in [9.17, 15) is 4.79 Å². The quantitative estimate of drug-likeness (QED) is 0.550. The van der Waals surface area contributed by atoms with Crippen molar-refractivity contribution in [2.24, 2.45) is 0 Å². The predicted octanol–water partition coefficient (Wildman–Crippen LogP) is 6.01.